The molecule has 0 radical (unpaired) electrons. The van der Waals surface area contributed by atoms with Crippen molar-refractivity contribution in [3.05, 3.63) is 70.0 Å². The highest BCUT2D eigenvalue weighted by atomic mass is 32.2. The van der Waals surface area contributed by atoms with Crippen LogP contribution in [0.15, 0.2) is 52.8 Å². The topological polar surface area (TPSA) is 68.9 Å². The summed E-state index contributed by atoms with van der Waals surface area (Å²) in [6, 6.07) is 8.26. The van der Waals surface area contributed by atoms with Gasteiger partial charge in [0.25, 0.3) is 5.91 Å². The van der Waals surface area contributed by atoms with Crippen LogP contribution >= 0.6 is 23.1 Å². The van der Waals surface area contributed by atoms with Crippen LogP contribution in [0.3, 0.4) is 0 Å². The highest BCUT2D eigenvalue weighted by Gasteiger charge is 2.18. The summed E-state index contributed by atoms with van der Waals surface area (Å²) in [6.07, 6.45) is 3.65. The third-order valence-electron chi connectivity index (χ3n) is 4.07. The number of primary amides is 1. The average Bonchev–Trinajstić information content (AvgIpc) is 3.09. The van der Waals surface area contributed by atoms with Crippen molar-refractivity contribution < 1.29 is 9.18 Å². The van der Waals surface area contributed by atoms with E-state index < -0.39 is 5.91 Å². The molecule has 0 saturated heterocycles. The third-order valence-corrected chi connectivity index (χ3v) is 6.08. The van der Waals surface area contributed by atoms with Gasteiger partial charge in [-0.25, -0.2) is 4.39 Å². The van der Waals surface area contributed by atoms with Crippen LogP contribution in [0.2, 0.25) is 0 Å². The summed E-state index contributed by atoms with van der Waals surface area (Å²) in [4.78, 5) is 12.7. The van der Waals surface area contributed by atoms with Gasteiger partial charge < -0.3 is 5.73 Å². The minimum atomic E-state index is -0.600. The van der Waals surface area contributed by atoms with E-state index in [0.717, 1.165) is 32.6 Å². The number of allylic oxidation sites excluding steroid dienone is 2. The number of hydrogen-bond acceptors (Lipinski definition) is 5. The van der Waals surface area contributed by atoms with Crippen LogP contribution < -0.4 is 5.73 Å². The number of thioether (sulfide) groups is 1. The Labute approximate surface area is 157 Å². The fourth-order valence-electron chi connectivity index (χ4n) is 2.81. The number of carbonyl (C=O) groups excluding carboxylic acids is 1. The zero-order valence-electron chi connectivity index (χ0n) is 13.6. The fourth-order valence-corrected chi connectivity index (χ4v) is 4.64. The van der Waals surface area contributed by atoms with Gasteiger partial charge in [0, 0.05) is 16.7 Å². The Morgan fingerprint density at radius 2 is 2.04 bits per heavy atom. The Morgan fingerprint density at radius 1 is 1.23 bits per heavy atom. The van der Waals surface area contributed by atoms with E-state index >= 15 is 0 Å². The molecular weight excluding hydrogens is 369 g/mol. The molecule has 3 aromatic rings. The molecule has 0 aliphatic carbocycles. The summed E-state index contributed by atoms with van der Waals surface area (Å²) >= 11 is 3.06. The summed E-state index contributed by atoms with van der Waals surface area (Å²) < 4.78 is 13.9. The zero-order valence-corrected chi connectivity index (χ0v) is 15.2. The summed E-state index contributed by atoms with van der Waals surface area (Å²) in [5.74, 6) is -0.886. The van der Waals surface area contributed by atoms with Crippen molar-refractivity contribution >= 4 is 39.1 Å². The molecule has 0 atom stereocenters. The van der Waals surface area contributed by atoms with Crippen molar-refractivity contribution in [1.82, 2.24) is 10.2 Å². The van der Waals surface area contributed by atoms with Crippen LogP contribution in [0.1, 0.15) is 22.6 Å². The van der Waals surface area contributed by atoms with E-state index in [0.29, 0.717) is 6.42 Å². The van der Waals surface area contributed by atoms with Crippen LogP contribution in [-0.2, 0) is 6.42 Å². The van der Waals surface area contributed by atoms with Gasteiger partial charge in [-0.15, -0.1) is 28.2 Å². The van der Waals surface area contributed by atoms with Crippen LogP contribution in [0.4, 0.5) is 4.39 Å². The van der Waals surface area contributed by atoms with E-state index in [4.69, 9.17) is 5.73 Å². The van der Waals surface area contributed by atoms with E-state index in [1.54, 1.807) is 23.9 Å². The Bertz CT molecular complexity index is 1050. The highest BCUT2D eigenvalue weighted by molar-refractivity contribution is 8.04. The second kappa shape index (κ2) is 7.01. The smallest absolute Gasteiger partial charge is 0.270 e. The van der Waals surface area contributed by atoms with Crippen molar-refractivity contribution in [1.29, 1.82) is 0 Å². The first-order chi connectivity index (χ1) is 12.6. The molecular formula is C19H14FN3OS2. The number of nitrogens with zero attached hydrogens (tertiary/aromatic N) is 2. The van der Waals surface area contributed by atoms with Gasteiger partial charge in [0.1, 0.15) is 5.82 Å². The third kappa shape index (κ3) is 3.27. The lowest BCUT2D eigenvalue weighted by molar-refractivity contribution is 0.0996. The zero-order chi connectivity index (χ0) is 18.1. The van der Waals surface area contributed by atoms with Crippen LogP contribution in [0, 0.1) is 5.82 Å². The Kier molecular flexibility index (Phi) is 4.57. The number of fused-ring (bicyclic) bond motifs is 1. The van der Waals surface area contributed by atoms with Crippen molar-refractivity contribution in [3.8, 4) is 10.4 Å². The maximum absolute atomic E-state index is 13.2. The van der Waals surface area contributed by atoms with Crippen LogP contribution in [0.5, 0.6) is 0 Å². The number of nitrogens with two attached hydrogens (primary N) is 1. The number of hydrogen-bond donors (Lipinski definition) is 1. The van der Waals surface area contributed by atoms with E-state index in [1.807, 2.05) is 6.07 Å². The molecule has 1 amide bonds. The normalized spacial score (nSPS) is 13.8. The Balaban J connectivity index is 1.82. The van der Waals surface area contributed by atoms with Crippen molar-refractivity contribution in [2.45, 2.75) is 12.8 Å². The quantitative estimate of drug-likeness (QED) is 0.711. The number of halogens is 1. The standard InChI is InChI=1S/C19H14FN3OS2/c20-13-5-3-12(4-6-13)16-9-14-15(8-11-2-1-7-25-10-11)22-23-17(19(21)24)18(14)26-16/h1,3-7,9-10H,2,8H2,(H2,21,24). The molecule has 0 saturated carbocycles. The first-order valence-electron chi connectivity index (χ1n) is 7.95. The molecule has 2 aromatic heterocycles. The van der Waals surface area contributed by atoms with Gasteiger partial charge >= 0.3 is 0 Å². The second-order valence-electron chi connectivity index (χ2n) is 5.88. The molecule has 1 aromatic carbocycles. The first kappa shape index (κ1) is 16.9. The van der Waals surface area contributed by atoms with Gasteiger partial charge in [-0.05, 0) is 41.0 Å². The van der Waals surface area contributed by atoms with Gasteiger partial charge in [-0.2, -0.15) is 5.10 Å². The highest BCUT2D eigenvalue weighted by Crippen LogP contribution is 2.37. The second-order valence-corrected chi connectivity index (χ2v) is 7.72. The lowest BCUT2D eigenvalue weighted by Crippen LogP contribution is -2.14. The van der Waals surface area contributed by atoms with Crippen molar-refractivity contribution in [2.75, 3.05) is 0 Å². The number of amides is 1. The predicted octanol–water partition coefficient (Wildman–Crippen LogP) is 4.67. The molecule has 130 valence electrons. The predicted molar refractivity (Wildman–Crippen MR) is 104 cm³/mol. The Hall–Kier alpha value is -2.51. The van der Waals surface area contributed by atoms with Crippen LogP contribution in [-0.4, -0.2) is 16.1 Å². The lowest BCUT2D eigenvalue weighted by atomic mass is 10.0. The molecule has 2 N–H and O–H groups in total. The molecule has 0 bridgehead atoms. The monoisotopic (exact) mass is 383 g/mol. The van der Waals surface area contributed by atoms with Gasteiger partial charge in [0.05, 0.1) is 10.4 Å². The van der Waals surface area contributed by atoms with E-state index in [-0.39, 0.29) is 11.5 Å². The van der Waals surface area contributed by atoms with Crippen molar-refractivity contribution in [2.24, 2.45) is 5.73 Å². The molecule has 1 aliphatic rings. The van der Waals surface area contributed by atoms with E-state index in [2.05, 4.69) is 27.1 Å². The minimum Gasteiger partial charge on any atom is -0.364 e. The molecule has 0 spiro atoms. The minimum absolute atomic E-state index is 0.175. The number of benzene rings is 1. The summed E-state index contributed by atoms with van der Waals surface area (Å²) in [5, 5.41) is 13.4. The molecule has 26 heavy (non-hydrogen) atoms. The summed E-state index contributed by atoms with van der Waals surface area (Å²) in [5.41, 5.74) is 8.59. The molecule has 7 heteroatoms. The number of aromatic nitrogens is 2. The van der Waals surface area contributed by atoms with Crippen molar-refractivity contribution in [3.63, 3.8) is 0 Å². The molecule has 3 heterocycles. The first-order valence-corrected chi connectivity index (χ1v) is 9.71. The molecule has 0 unspecified atom stereocenters. The number of thiophene rings is 1. The summed E-state index contributed by atoms with van der Waals surface area (Å²) in [7, 11) is 0. The number of carbonyl (C=O) groups is 1. The largest absolute Gasteiger partial charge is 0.364 e. The molecule has 0 fully saturated rings. The fraction of sp³-hybridized carbons (Fsp3) is 0.105. The van der Waals surface area contributed by atoms with Gasteiger partial charge in [-0.3, -0.25) is 4.79 Å². The average molecular weight is 383 g/mol. The lowest BCUT2D eigenvalue weighted by Gasteiger charge is -2.08. The van der Waals surface area contributed by atoms with Gasteiger partial charge in [-0.1, -0.05) is 23.8 Å². The Morgan fingerprint density at radius 3 is 2.73 bits per heavy atom. The van der Waals surface area contributed by atoms with E-state index in [9.17, 15) is 9.18 Å². The van der Waals surface area contributed by atoms with E-state index in [1.165, 1.54) is 29.0 Å². The SMILES string of the molecule is NC(=O)c1nnc(CC2=CSC=CC2)c2cc(-c3ccc(F)cc3)sc12. The maximum atomic E-state index is 13.2. The summed E-state index contributed by atoms with van der Waals surface area (Å²) in [6.45, 7) is 0. The maximum Gasteiger partial charge on any atom is 0.270 e. The number of rotatable bonds is 4. The van der Waals surface area contributed by atoms with Crippen LogP contribution in [0.25, 0.3) is 20.5 Å². The molecule has 1 aliphatic heterocycles. The van der Waals surface area contributed by atoms with Gasteiger partial charge in [0.2, 0.25) is 0 Å². The molecule has 4 nitrogen and oxygen atoms in total. The van der Waals surface area contributed by atoms with Gasteiger partial charge in [0.15, 0.2) is 5.69 Å². The molecule has 4 rings (SSSR count).